The third-order valence-corrected chi connectivity index (χ3v) is 0.370. The molecule has 0 rings (SSSR count). The van der Waals surface area contributed by atoms with E-state index in [0.29, 0.717) is 0 Å². The molecule has 0 aromatic heterocycles. The standard InChI is InChI=1S/C3H4O4.Li.H/c1-2(4)3(5)7-6;;/h6H,1H3;;/q;+1;-1. The molecule has 0 aliphatic heterocycles. The zero-order valence-corrected chi connectivity index (χ0v) is 4.67. The topological polar surface area (TPSA) is 63.6 Å². The first kappa shape index (κ1) is 10.6. The van der Waals surface area contributed by atoms with E-state index in [2.05, 4.69) is 4.89 Å². The molecular formula is C3H5LiO4. The fraction of sp³-hybridized carbons (Fsp3) is 0.333. The second-order valence-corrected chi connectivity index (χ2v) is 0.935. The van der Waals surface area contributed by atoms with Crippen LogP contribution >= 0.6 is 0 Å². The first-order valence-corrected chi connectivity index (χ1v) is 1.54. The third kappa shape index (κ3) is 3.87. The molecule has 0 amide bonds. The number of Topliss-reactive ketones (excluding diaryl/α,β-unsaturated/α-hetero) is 1. The van der Waals surface area contributed by atoms with E-state index < -0.39 is 11.8 Å². The Balaban J connectivity index is -0.000000180. The Hall–Kier alpha value is -0.303. The first-order chi connectivity index (χ1) is 3.18. The van der Waals surface area contributed by atoms with Crippen LogP contribution < -0.4 is 18.9 Å². The van der Waals surface area contributed by atoms with Crippen molar-refractivity contribution in [2.75, 3.05) is 0 Å². The Morgan fingerprint density at radius 3 is 2.00 bits per heavy atom. The van der Waals surface area contributed by atoms with E-state index in [1.807, 2.05) is 0 Å². The molecule has 0 saturated carbocycles. The average Bonchev–Trinajstić information content (AvgIpc) is 1.65. The predicted molar refractivity (Wildman–Crippen MR) is 20.5 cm³/mol. The molecule has 0 radical (unpaired) electrons. The molecule has 0 aromatic carbocycles. The van der Waals surface area contributed by atoms with Crippen LogP contribution in [0.1, 0.15) is 8.35 Å². The molecule has 42 valence electrons. The summed E-state index contributed by atoms with van der Waals surface area (Å²) >= 11 is 0. The number of hydrogen-bond donors (Lipinski definition) is 1. The molecular weight excluding hydrogens is 107 g/mol. The molecule has 0 atom stereocenters. The van der Waals surface area contributed by atoms with Gasteiger partial charge in [0.2, 0.25) is 5.78 Å². The number of hydrogen-bond acceptors (Lipinski definition) is 4. The Bertz CT molecular complexity index is 104. The van der Waals surface area contributed by atoms with Crippen LogP contribution in [0, 0.1) is 0 Å². The van der Waals surface area contributed by atoms with Gasteiger partial charge in [0.15, 0.2) is 0 Å². The molecule has 4 nitrogen and oxygen atoms in total. The van der Waals surface area contributed by atoms with Crippen molar-refractivity contribution in [3.05, 3.63) is 0 Å². The van der Waals surface area contributed by atoms with Gasteiger partial charge in [0.05, 0.1) is 0 Å². The Morgan fingerprint density at radius 2 is 2.00 bits per heavy atom. The monoisotopic (exact) mass is 112 g/mol. The summed E-state index contributed by atoms with van der Waals surface area (Å²) < 4.78 is 0. The van der Waals surface area contributed by atoms with Crippen molar-refractivity contribution in [1.29, 1.82) is 0 Å². The van der Waals surface area contributed by atoms with Gasteiger partial charge in [-0.05, 0) is 0 Å². The van der Waals surface area contributed by atoms with Gasteiger partial charge in [-0.1, -0.05) is 0 Å². The quantitative estimate of drug-likeness (QED) is 0.167. The maximum absolute atomic E-state index is 9.74. The maximum Gasteiger partial charge on any atom is 1.00 e. The molecule has 8 heavy (non-hydrogen) atoms. The van der Waals surface area contributed by atoms with Gasteiger partial charge in [0.25, 0.3) is 0 Å². The molecule has 0 fully saturated rings. The van der Waals surface area contributed by atoms with E-state index in [9.17, 15) is 9.59 Å². The predicted octanol–water partition coefficient (Wildman–Crippen LogP) is -3.29. The van der Waals surface area contributed by atoms with E-state index >= 15 is 0 Å². The van der Waals surface area contributed by atoms with Gasteiger partial charge in [-0.2, -0.15) is 5.26 Å². The van der Waals surface area contributed by atoms with Crippen molar-refractivity contribution in [1.82, 2.24) is 0 Å². The fourth-order valence-corrected chi connectivity index (χ4v) is 0.0643. The van der Waals surface area contributed by atoms with Crippen molar-refractivity contribution < 1.29 is 40.0 Å². The summed E-state index contributed by atoms with van der Waals surface area (Å²) in [5.41, 5.74) is 0. The zero-order chi connectivity index (χ0) is 5.86. The molecule has 0 bridgehead atoms. The molecule has 0 aromatic rings. The molecule has 0 aliphatic rings. The summed E-state index contributed by atoms with van der Waals surface area (Å²) in [6.07, 6.45) is 0. The second kappa shape index (κ2) is 4.85. The van der Waals surface area contributed by atoms with Crippen molar-refractivity contribution >= 4 is 11.8 Å². The van der Waals surface area contributed by atoms with E-state index in [0.717, 1.165) is 6.92 Å². The van der Waals surface area contributed by atoms with Gasteiger partial charge in [0.1, 0.15) is 0 Å². The maximum atomic E-state index is 9.74. The molecule has 5 heteroatoms. The molecule has 0 spiro atoms. The Morgan fingerprint density at radius 1 is 1.62 bits per heavy atom. The van der Waals surface area contributed by atoms with Gasteiger partial charge in [0, 0.05) is 6.92 Å². The van der Waals surface area contributed by atoms with Gasteiger partial charge in [-0.25, -0.2) is 4.79 Å². The van der Waals surface area contributed by atoms with Crippen LogP contribution in [0.4, 0.5) is 0 Å². The van der Waals surface area contributed by atoms with Crippen LogP contribution in [0.3, 0.4) is 0 Å². The zero-order valence-electron chi connectivity index (χ0n) is 5.67. The van der Waals surface area contributed by atoms with Crippen LogP contribution in [0.2, 0.25) is 0 Å². The van der Waals surface area contributed by atoms with Crippen LogP contribution in [0.15, 0.2) is 0 Å². The van der Waals surface area contributed by atoms with Gasteiger partial charge < -0.3 is 1.43 Å². The first-order valence-electron chi connectivity index (χ1n) is 1.54. The summed E-state index contributed by atoms with van der Waals surface area (Å²) in [5.74, 6) is -2.05. The van der Waals surface area contributed by atoms with Crippen molar-refractivity contribution in [2.45, 2.75) is 6.92 Å². The van der Waals surface area contributed by atoms with E-state index in [4.69, 9.17) is 5.26 Å². The smallest absolute Gasteiger partial charge is 1.00 e. The number of ketones is 1. The van der Waals surface area contributed by atoms with Crippen LogP contribution in [-0.4, -0.2) is 17.0 Å². The third-order valence-electron chi connectivity index (χ3n) is 0.370. The van der Waals surface area contributed by atoms with E-state index in [1.165, 1.54) is 0 Å². The van der Waals surface area contributed by atoms with Crippen LogP contribution in [-0.2, 0) is 14.5 Å². The van der Waals surface area contributed by atoms with Gasteiger partial charge >= 0.3 is 24.8 Å². The minimum absolute atomic E-state index is 0. The molecule has 0 aliphatic carbocycles. The van der Waals surface area contributed by atoms with E-state index in [1.54, 1.807) is 0 Å². The number of rotatable bonds is 1. The summed E-state index contributed by atoms with van der Waals surface area (Å²) in [6, 6.07) is 0. The summed E-state index contributed by atoms with van der Waals surface area (Å²) in [5, 5.41) is 7.43. The van der Waals surface area contributed by atoms with Gasteiger partial charge in [-0.15, -0.1) is 0 Å². The van der Waals surface area contributed by atoms with Crippen molar-refractivity contribution in [2.24, 2.45) is 0 Å². The second-order valence-electron chi connectivity index (χ2n) is 0.935. The van der Waals surface area contributed by atoms with E-state index in [-0.39, 0.29) is 20.3 Å². The minimum atomic E-state index is -1.24. The minimum Gasteiger partial charge on any atom is -1.00 e. The number of carbonyl (C=O) groups excluding carboxylic acids is 2. The van der Waals surface area contributed by atoms with Crippen LogP contribution in [0.5, 0.6) is 0 Å². The normalized spacial score (nSPS) is 6.75. The Kier molecular flexibility index (Phi) is 6.44. The SMILES string of the molecule is CC(=O)C(=O)OO.[H-].[Li+]. The van der Waals surface area contributed by atoms with Crippen molar-refractivity contribution in [3.8, 4) is 0 Å². The fourth-order valence-electron chi connectivity index (χ4n) is 0.0643. The van der Waals surface area contributed by atoms with Crippen molar-refractivity contribution in [3.63, 3.8) is 0 Å². The molecule has 0 heterocycles. The summed E-state index contributed by atoms with van der Waals surface area (Å²) in [4.78, 5) is 22.5. The molecule has 0 unspecified atom stereocenters. The Labute approximate surface area is 59.4 Å². The van der Waals surface area contributed by atoms with Gasteiger partial charge in [-0.3, -0.25) is 9.68 Å². The largest absolute Gasteiger partial charge is 1.00 e. The number of carbonyl (C=O) groups is 2. The van der Waals surface area contributed by atoms with Crippen LogP contribution in [0.25, 0.3) is 0 Å². The molecule has 1 N–H and O–H groups in total. The summed E-state index contributed by atoms with van der Waals surface area (Å²) in [7, 11) is 0. The average molecular weight is 112 g/mol. The summed E-state index contributed by atoms with van der Waals surface area (Å²) in [6.45, 7) is 0.999. The molecule has 0 saturated heterocycles.